The second kappa shape index (κ2) is 4.94. The molecule has 0 aliphatic heterocycles. The molecule has 0 aliphatic rings. The molecule has 5 nitrogen and oxygen atoms in total. The topological polar surface area (TPSA) is 90.1 Å². The van der Waals surface area contributed by atoms with Gasteiger partial charge in [-0.2, -0.15) is 0 Å². The van der Waals surface area contributed by atoms with Gasteiger partial charge in [0.05, 0.1) is 26.8 Å². The molecule has 0 saturated carbocycles. The van der Waals surface area contributed by atoms with Gasteiger partial charge in [0.2, 0.25) is 0 Å². The van der Waals surface area contributed by atoms with Crippen molar-refractivity contribution in [2.45, 2.75) is 4.34 Å². The largest absolute Gasteiger partial charge is 0.399 e. The van der Waals surface area contributed by atoms with Gasteiger partial charge in [-0.3, -0.25) is 4.21 Å². The van der Waals surface area contributed by atoms with Crippen LogP contribution in [0.25, 0.3) is 10.2 Å². The highest BCUT2D eigenvalue weighted by atomic mass is 32.2. The van der Waals surface area contributed by atoms with Crippen molar-refractivity contribution in [2.24, 2.45) is 0 Å². The van der Waals surface area contributed by atoms with Crippen LogP contribution in [0.4, 0.5) is 5.69 Å². The Balaban J connectivity index is 2.23. The summed E-state index contributed by atoms with van der Waals surface area (Å²) in [4.78, 5) is 4.22. The van der Waals surface area contributed by atoms with Crippen molar-refractivity contribution in [3.05, 3.63) is 18.2 Å². The Kier molecular flexibility index (Phi) is 3.69. The summed E-state index contributed by atoms with van der Waals surface area (Å²) in [6.07, 6.45) is 1.13. The van der Waals surface area contributed by atoms with Crippen molar-refractivity contribution in [2.75, 3.05) is 23.5 Å². The lowest BCUT2D eigenvalue weighted by Crippen LogP contribution is -2.11. The lowest BCUT2D eigenvalue weighted by Gasteiger charge is -1.96. The molecule has 0 radical (unpaired) electrons. The van der Waals surface area contributed by atoms with Crippen LogP contribution in [0.5, 0.6) is 0 Å². The van der Waals surface area contributed by atoms with Gasteiger partial charge in [-0.15, -0.1) is 11.3 Å². The van der Waals surface area contributed by atoms with Gasteiger partial charge in [-0.25, -0.2) is 13.4 Å². The molecular formula is C10H12N2O3S3. The molecular weight excluding hydrogens is 292 g/mol. The molecule has 1 heterocycles. The smallest absolute Gasteiger partial charge is 0.181 e. The molecule has 2 N–H and O–H groups in total. The van der Waals surface area contributed by atoms with Crippen LogP contribution in [-0.4, -0.2) is 35.4 Å². The zero-order chi connectivity index (χ0) is 13.3. The first-order valence-electron chi connectivity index (χ1n) is 5.07. The fourth-order valence-corrected chi connectivity index (χ4v) is 5.16. The average Bonchev–Trinajstić information content (AvgIpc) is 2.67. The lowest BCUT2D eigenvalue weighted by molar-refractivity contribution is 0.602. The number of fused-ring (bicyclic) bond motifs is 1. The molecule has 1 unspecified atom stereocenters. The SMILES string of the molecule is CS(=O)(=O)CCS(=O)c1nc2ccc(N)cc2s1. The number of hydrogen-bond acceptors (Lipinski definition) is 6. The van der Waals surface area contributed by atoms with E-state index in [0.29, 0.717) is 10.0 Å². The summed E-state index contributed by atoms with van der Waals surface area (Å²) in [5.74, 6) is -0.0220. The number of thiazole rings is 1. The highest BCUT2D eigenvalue weighted by Crippen LogP contribution is 2.26. The molecule has 0 bridgehead atoms. The van der Waals surface area contributed by atoms with Gasteiger partial charge in [-0.05, 0) is 18.2 Å². The normalized spacial score (nSPS) is 13.8. The monoisotopic (exact) mass is 304 g/mol. The van der Waals surface area contributed by atoms with E-state index in [9.17, 15) is 12.6 Å². The number of rotatable bonds is 4. The molecule has 1 aromatic heterocycles. The third-order valence-corrected chi connectivity index (χ3v) is 6.11. The van der Waals surface area contributed by atoms with Gasteiger partial charge in [0.25, 0.3) is 0 Å². The number of nitrogens with zero attached hydrogens (tertiary/aromatic N) is 1. The van der Waals surface area contributed by atoms with E-state index in [1.54, 1.807) is 18.2 Å². The maximum Gasteiger partial charge on any atom is 0.181 e. The molecule has 0 fully saturated rings. The van der Waals surface area contributed by atoms with Crippen LogP contribution in [0, 0.1) is 0 Å². The first-order valence-corrected chi connectivity index (χ1v) is 9.27. The van der Waals surface area contributed by atoms with Crippen molar-refractivity contribution in [3.63, 3.8) is 0 Å². The number of nitrogen functional groups attached to an aromatic ring is 1. The predicted molar refractivity (Wildman–Crippen MR) is 75.0 cm³/mol. The van der Waals surface area contributed by atoms with Crippen LogP contribution in [0.2, 0.25) is 0 Å². The summed E-state index contributed by atoms with van der Waals surface area (Å²) < 4.78 is 35.2. The van der Waals surface area contributed by atoms with Crippen LogP contribution >= 0.6 is 11.3 Å². The molecule has 8 heteroatoms. The van der Waals surface area contributed by atoms with E-state index < -0.39 is 20.6 Å². The Morgan fingerprint density at radius 3 is 2.83 bits per heavy atom. The van der Waals surface area contributed by atoms with Crippen molar-refractivity contribution in [1.82, 2.24) is 4.98 Å². The Labute approximate surface area is 111 Å². The van der Waals surface area contributed by atoms with Crippen LogP contribution < -0.4 is 5.73 Å². The maximum absolute atomic E-state index is 11.9. The Hall–Kier alpha value is -0.990. The third-order valence-electron chi connectivity index (χ3n) is 2.23. The minimum Gasteiger partial charge on any atom is -0.399 e. The van der Waals surface area contributed by atoms with E-state index in [1.807, 2.05) is 0 Å². The Morgan fingerprint density at radius 2 is 2.17 bits per heavy atom. The number of benzene rings is 1. The molecule has 2 rings (SSSR count). The second-order valence-corrected chi connectivity index (χ2v) is 8.92. The molecule has 2 aromatic rings. The van der Waals surface area contributed by atoms with E-state index in [4.69, 9.17) is 5.73 Å². The minimum atomic E-state index is -3.10. The Bertz CT molecular complexity index is 706. The van der Waals surface area contributed by atoms with E-state index >= 15 is 0 Å². The second-order valence-electron chi connectivity index (χ2n) is 3.89. The molecule has 1 aromatic carbocycles. The van der Waals surface area contributed by atoms with Crippen molar-refractivity contribution >= 4 is 47.9 Å². The first kappa shape index (κ1) is 13.4. The van der Waals surface area contributed by atoms with E-state index in [-0.39, 0.29) is 11.5 Å². The average molecular weight is 304 g/mol. The molecule has 18 heavy (non-hydrogen) atoms. The molecule has 1 atom stereocenters. The number of anilines is 1. The van der Waals surface area contributed by atoms with Gasteiger partial charge in [-0.1, -0.05) is 0 Å². The fraction of sp³-hybridized carbons (Fsp3) is 0.300. The number of aromatic nitrogens is 1. The first-order chi connectivity index (χ1) is 8.35. The van der Waals surface area contributed by atoms with Crippen LogP contribution in [0.3, 0.4) is 0 Å². The molecule has 0 aliphatic carbocycles. The summed E-state index contributed by atoms with van der Waals surface area (Å²) in [6, 6.07) is 5.26. The van der Waals surface area contributed by atoms with Gasteiger partial charge >= 0.3 is 0 Å². The van der Waals surface area contributed by atoms with E-state index in [1.165, 1.54) is 11.3 Å². The minimum absolute atomic E-state index is 0.0775. The Morgan fingerprint density at radius 1 is 1.44 bits per heavy atom. The summed E-state index contributed by atoms with van der Waals surface area (Å²) in [5, 5.41) is 0. The number of sulfone groups is 1. The van der Waals surface area contributed by atoms with Crippen LogP contribution in [0.15, 0.2) is 22.5 Å². The third kappa shape index (κ3) is 3.27. The van der Waals surface area contributed by atoms with Gasteiger partial charge in [0.15, 0.2) is 4.34 Å². The number of hydrogen-bond donors (Lipinski definition) is 1. The molecule has 0 spiro atoms. The van der Waals surface area contributed by atoms with E-state index in [2.05, 4.69) is 4.98 Å². The summed E-state index contributed by atoms with van der Waals surface area (Å²) in [7, 11) is -4.48. The molecule has 98 valence electrons. The van der Waals surface area contributed by atoms with Crippen molar-refractivity contribution in [3.8, 4) is 0 Å². The van der Waals surface area contributed by atoms with Gasteiger partial charge in [0.1, 0.15) is 9.84 Å². The fourth-order valence-electron chi connectivity index (χ4n) is 1.33. The van der Waals surface area contributed by atoms with Crippen molar-refractivity contribution < 1.29 is 12.6 Å². The summed E-state index contributed by atoms with van der Waals surface area (Å²) in [5.41, 5.74) is 7.01. The van der Waals surface area contributed by atoms with Crippen LogP contribution in [0.1, 0.15) is 0 Å². The summed E-state index contributed by atoms with van der Waals surface area (Å²) >= 11 is 1.28. The zero-order valence-electron chi connectivity index (χ0n) is 9.62. The van der Waals surface area contributed by atoms with E-state index in [0.717, 1.165) is 16.5 Å². The molecule has 0 saturated heterocycles. The van der Waals surface area contributed by atoms with Gasteiger partial charge < -0.3 is 5.73 Å². The standard InChI is InChI=1S/C10H12N2O3S3/c1-18(14,15)5-4-17(13)10-12-8-3-2-7(11)6-9(8)16-10/h2-3,6H,4-5,11H2,1H3. The van der Waals surface area contributed by atoms with Crippen molar-refractivity contribution in [1.29, 1.82) is 0 Å². The van der Waals surface area contributed by atoms with Gasteiger partial charge in [0, 0.05) is 17.7 Å². The summed E-state index contributed by atoms with van der Waals surface area (Å²) in [6.45, 7) is 0. The zero-order valence-corrected chi connectivity index (χ0v) is 12.1. The lowest BCUT2D eigenvalue weighted by atomic mass is 10.3. The number of nitrogens with two attached hydrogens (primary N) is 1. The van der Waals surface area contributed by atoms with Crippen LogP contribution in [-0.2, 0) is 20.6 Å². The maximum atomic E-state index is 11.9. The molecule has 0 amide bonds. The predicted octanol–water partition coefficient (Wildman–Crippen LogP) is 1.03. The highest BCUT2D eigenvalue weighted by Gasteiger charge is 2.13. The quantitative estimate of drug-likeness (QED) is 0.852. The highest BCUT2D eigenvalue weighted by molar-refractivity contribution is 7.93.